The van der Waals surface area contributed by atoms with E-state index in [0.29, 0.717) is 0 Å². The van der Waals surface area contributed by atoms with Crippen LogP contribution in [-0.4, -0.2) is 32.3 Å². The van der Waals surface area contributed by atoms with Crippen molar-refractivity contribution < 1.29 is 0 Å². The summed E-state index contributed by atoms with van der Waals surface area (Å²) >= 11 is 1.53. The van der Waals surface area contributed by atoms with Gasteiger partial charge in [-0.2, -0.15) is 9.78 Å². The summed E-state index contributed by atoms with van der Waals surface area (Å²) < 4.78 is 1.76. The number of nitrogens with zero attached hydrogens (tertiary/aromatic N) is 5. The van der Waals surface area contributed by atoms with Gasteiger partial charge in [0.2, 0.25) is 5.16 Å². The minimum absolute atomic E-state index is 0.794. The van der Waals surface area contributed by atoms with E-state index in [4.69, 9.17) is 0 Å². The molecule has 0 radical (unpaired) electrons. The normalized spacial score (nSPS) is 11.2. The molecule has 0 bridgehead atoms. The van der Waals surface area contributed by atoms with Gasteiger partial charge in [-0.3, -0.25) is 4.98 Å². The van der Waals surface area contributed by atoms with Gasteiger partial charge >= 0.3 is 0 Å². The molecule has 2 aromatic heterocycles. The molecule has 0 atom stereocenters. The third-order valence-corrected chi connectivity index (χ3v) is 2.80. The second-order valence-corrected chi connectivity index (χ2v) is 4.07. The van der Waals surface area contributed by atoms with Crippen LogP contribution in [0.5, 0.6) is 0 Å². The van der Waals surface area contributed by atoms with E-state index in [1.165, 1.54) is 11.8 Å². The highest BCUT2D eigenvalue weighted by Crippen LogP contribution is 2.13. The Labute approximate surface area is 104 Å². The van der Waals surface area contributed by atoms with E-state index >= 15 is 0 Å². The highest BCUT2D eigenvalue weighted by Gasteiger charge is 2.07. The van der Waals surface area contributed by atoms with Crippen LogP contribution in [0.4, 0.5) is 0 Å². The highest BCUT2D eigenvalue weighted by molar-refractivity contribution is 7.98. The Hall–Kier alpha value is -1.69. The van der Waals surface area contributed by atoms with Crippen LogP contribution < -0.4 is 0 Å². The highest BCUT2D eigenvalue weighted by atomic mass is 32.2. The number of hydrogen-bond acceptors (Lipinski definition) is 5. The van der Waals surface area contributed by atoms with E-state index in [0.717, 1.165) is 23.0 Å². The molecular formula is C11H13N5S. The van der Waals surface area contributed by atoms with E-state index in [-0.39, 0.29) is 0 Å². The summed E-state index contributed by atoms with van der Waals surface area (Å²) in [5.41, 5.74) is 0.954. The molecule has 6 heteroatoms. The molecule has 2 rings (SSSR count). The number of thioether (sulfide) groups is 1. The maximum atomic E-state index is 4.38. The second-order valence-electron chi connectivity index (χ2n) is 3.30. The fourth-order valence-electron chi connectivity index (χ4n) is 1.34. The molecule has 0 fully saturated rings. The van der Waals surface area contributed by atoms with Gasteiger partial charge in [0.05, 0.1) is 6.21 Å². The molecule has 17 heavy (non-hydrogen) atoms. The summed E-state index contributed by atoms with van der Waals surface area (Å²) in [5.74, 6) is 0.856. The first-order valence-electron chi connectivity index (χ1n) is 5.27. The van der Waals surface area contributed by atoms with Gasteiger partial charge < -0.3 is 0 Å². The van der Waals surface area contributed by atoms with E-state index < -0.39 is 0 Å². The molecule has 0 unspecified atom stereocenters. The average molecular weight is 247 g/mol. The number of aromatic nitrogens is 4. The lowest BCUT2D eigenvalue weighted by Crippen LogP contribution is -1.98. The molecule has 0 aromatic carbocycles. The Morgan fingerprint density at radius 2 is 2.35 bits per heavy atom. The Balaban J connectivity index is 2.29. The molecule has 0 aliphatic carbocycles. The lowest BCUT2D eigenvalue weighted by atomic mass is 10.3. The zero-order chi connectivity index (χ0) is 12.1. The molecular weight excluding hydrogens is 234 g/mol. The molecule has 0 spiro atoms. The van der Waals surface area contributed by atoms with E-state index in [2.05, 4.69) is 20.3 Å². The summed E-state index contributed by atoms with van der Waals surface area (Å²) in [6.07, 6.45) is 8.02. The first-order valence-corrected chi connectivity index (χ1v) is 6.50. The van der Waals surface area contributed by atoms with E-state index in [1.807, 2.05) is 25.3 Å². The van der Waals surface area contributed by atoms with Crippen molar-refractivity contribution in [1.29, 1.82) is 0 Å². The van der Waals surface area contributed by atoms with E-state index in [9.17, 15) is 0 Å². The van der Waals surface area contributed by atoms with Gasteiger partial charge in [-0.25, -0.2) is 0 Å². The van der Waals surface area contributed by atoms with Crippen LogP contribution in [0.2, 0.25) is 0 Å². The number of hydrogen-bond donors (Lipinski definition) is 0. The van der Waals surface area contributed by atoms with Crippen LogP contribution in [0, 0.1) is 0 Å². The SMILES string of the molecule is CCc1nnc(SC)n1/N=C\c1cccnc1. The number of pyridine rings is 1. The van der Waals surface area contributed by atoms with Gasteiger partial charge in [-0.15, -0.1) is 10.2 Å². The summed E-state index contributed by atoms with van der Waals surface area (Å²) in [6, 6.07) is 3.83. The lowest BCUT2D eigenvalue weighted by Gasteiger charge is -1.99. The predicted molar refractivity (Wildman–Crippen MR) is 68.4 cm³/mol. The smallest absolute Gasteiger partial charge is 0.211 e. The van der Waals surface area contributed by atoms with Gasteiger partial charge in [0.1, 0.15) is 0 Å². The van der Waals surface area contributed by atoms with Gasteiger partial charge in [-0.1, -0.05) is 24.8 Å². The monoisotopic (exact) mass is 247 g/mol. The Bertz CT molecular complexity index is 484. The molecule has 0 N–H and O–H groups in total. The fraction of sp³-hybridized carbons (Fsp3) is 0.273. The van der Waals surface area contributed by atoms with Gasteiger partial charge in [0, 0.05) is 24.4 Å². The van der Waals surface area contributed by atoms with Crippen molar-refractivity contribution in [2.75, 3.05) is 6.26 Å². The molecule has 0 amide bonds. The van der Waals surface area contributed by atoms with Crippen LogP contribution in [0.3, 0.4) is 0 Å². The second kappa shape index (κ2) is 5.58. The minimum Gasteiger partial charge on any atom is -0.264 e. The number of aryl methyl sites for hydroxylation is 1. The van der Waals surface area contributed by atoms with Gasteiger partial charge in [0.25, 0.3) is 0 Å². The molecule has 2 heterocycles. The quantitative estimate of drug-likeness (QED) is 0.611. The Morgan fingerprint density at radius 3 is 3.00 bits per heavy atom. The van der Waals surface area contributed by atoms with Crippen molar-refractivity contribution in [2.45, 2.75) is 18.5 Å². The maximum Gasteiger partial charge on any atom is 0.211 e. The third kappa shape index (κ3) is 2.71. The zero-order valence-corrected chi connectivity index (χ0v) is 10.6. The standard InChI is InChI=1S/C11H13N5S/c1-3-10-14-15-11(17-2)16(10)13-8-9-5-4-6-12-7-9/h4-8H,3H2,1-2H3/b13-8-. The Morgan fingerprint density at radius 1 is 1.47 bits per heavy atom. The van der Waals surface area contributed by atoms with Crippen molar-refractivity contribution in [1.82, 2.24) is 19.9 Å². The van der Waals surface area contributed by atoms with Crippen molar-refractivity contribution in [3.63, 3.8) is 0 Å². The predicted octanol–water partition coefficient (Wildman–Crippen LogP) is 1.84. The maximum absolute atomic E-state index is 4.38. The first-order chi connectivity index (χ1) is 8.35. The third-order valence-electron chi connectivity index (χ3n) is 2.18. The average Bonchev–Trinajstić information content (AvgIpc) is 2.79. The van der Waals surface area contributed by atoms with Crippen molar-refractivity contribution in [3.8, 4) is 0 Å². The summed E-state index contributed by atoms with van der Waals surface area (Å²) in [7, 11) is 0. The lowest BCUT2D eigenvalue weighted by molar-refractivity contribution is 0.723. The molecule has 88 valence electrons. The topological polar surface area (TPSA) is 56.0 Å². The van der Waals surface area contributed by atoms with Crippen molar-refractivity contribution in [2.24, 2.45) is 5.10 Å². The summed E-state index contributed by atoms with van der Waals surface area (Å²) in [5, 5.41) is 13.3. The molecule has 0 aliphatic heterocycles. The van der Waals surface area contributed by atoms with Crippen LogP contribution in [0.1, 0.15) is 18.3 Å². The molecule has 2 aromatic rings. The Kier molecular flexibility index (Phi) is 3.87. The fourth-order valence-corrected chi connectivity index (χ4v) is 1.78. The van der Waals surface area contributed by atoms with Crippen LogP contribution in [-0.2, 0) is 6.42 Å². The van der Waals surface area contributed by atoms with Gasteiger partial charge in [-0.05, 0) is 12.3 Å². The minimum atomic E-state index is 0.794. The van der Waals surface area contributed by atoms with Crippen LogP contribution in [0.25, 0.3) is 0 Å². The first kappa shape index (κ1) is 11.8. The summed E-state index contributed by atoms with van der Waals surface area (Å²) in [6.45, 7) is 2.03. The van der Waals surface area contributed by atoms with E-state index in [1.54, 1.807) is 23.3 Å². The largest absolute Gasteiger partial charge is 0.264 e. The van der Waals surface area contributed by atoms with Crippen molar-refractivity contribution in [3.05, 3.63) is 35.9 Å². The molecule has 0 aliphatic rings. The molecule has 0 saturated heterocycles. The zero-order valence-electron chi connectivity index (χ0n) is 9.74. The van der Waals surface area contributed by atoms with Crippen LogP contribution in [0.15, 0.2) is 34.8 Å². The van der Waals surface area contributed by atoms with Crippen LogP contribution >= 0.6 is 11.8 Å². The summed E-state index contributed by atoms with van der Waals surface area (Å²) in [4.78, 5) is 4.03. The number of rotatable bonds is 4. The van der Waals surface area contributed by atoms with Crippen molar-refractivity contribution >= 4 is 18.0 Å². The molecule has 5 nitrogen and oxygen atoms in total. The van der Waals surface area contributed by atoms with Gasteiger partial charge in [0.15, 0.2) is 5.82 Å². The molecule has 0 saturated carbocycles.